The SMILES string of the molecule is FC(F)(F)c1ccc(N2CCC[C@@H](Oc3ccccc3Cl)C2)nn1. The largest absolute Gasteiger partial charge is 0.487 e. The number of aromatic nitrogens is 2. The Balaban J connectivity index is 1.68. The van der Waals surface area contributed by atoms with Crippen molar-refractivity contribution < 1.29 is 17.9 Å². The van der Waals surface area contributed by atoms with E-state index in [1.54, 1.807) is 12.1 Å². The zero-order chi connectivity index (χ0) is 17.2. The number of halogens is 4. The number of benzene rings is 1. The second-order valence-electron chi connectivity index (χ2n) is 5.53. The lowest BCUT2D eigenvalue weighted by Gasteiger charge is -2.33. The summed E-state index contributed by atoms with van der Waals surface area (Å²) in [6.07, 6.45) is -2.90. The molecule has 1 fully saturated rings. The number of para-hydroxylation sites is 1. The van der Waals surface area contributed by atoms with Gasteiger partial charge in [0.1, 0.15) is 11.9 Å². The molecule has 0 amide bonds. The zero-order valence-corrected chi connectivity index (χ0v) is 13.4. The Morgan fingerprint density at radius 2 is 1.92 bits per heavy atom. The number of ether oxygens (including phenoxy) is 1. The number of anilines is 1. The number of hydrogen-bond acceptors (Lipinski definition) is 4. The van der Waals surface area contributed by atoms with Crippen molar-refractivity contribution in [1.82, 2.24) is 10.2 Å². The lowest BCUT2D eigenvalue weighted by atomic mass is 10.1. The molecule has 0 aliphatic carbocycles. The van der Waals surface area contributed by atoms with Gasteiger partial charge in [-0.1, -0.05) is 23.7 Å². The van der Waals surface area contributed by atoms with Crippen molar-refractivity contribution in [2.75, 3.05) is 18.0 Å². The molecule has 8 heteroatoms. The smallest absolute Gasteiger partial charge is 0.435 e. The fraction of sp³-hybridized carbons (Fsp3) is 0.375. The lowest BCUT2D eigenvalue weighted by molar-refractivity contribution is -0.141. The van der Waals surface area contributed by atoms with Crippen molar-refractivity contribution in [2.45, 2.75) is 25.1 Å². The van der Waals surface area contributed by atoms with Gasteiger partial charge in [0, 0.05) is 6.54 Å². The summed E-state index contributed by atoms with van der Waals surface area (Å²) in [6.45, 7) is 1.22. The van der Waals surface area contributed by atoms with Crippen molar-refractivity contribution in [1.29, 1.82) is 0 Å². The Bertz CT molecular complexity index is 694. The number of alkyl halides is 3. The van der Waals surface area contributed by atoms with Gasteiger partial charge in [0.05, 0.1) is 11.6 Å². The summed E-state index contributed by atoms with van der Waals surface area (Å²) < 4.78 is 43.6. The molecule has 3 rings (SSSR count). The Morgan fingerprint density at radius 3 is 2.58 bits per heavy atom. The van der Waals surface area contributed by atoms with Crippen molar-refractivity contribution in [2.24, 2.45) is 0 Å². The highest BCUT2D eigenvalue weighted by molar-refractivity contribution is 6.32. The molecule has 1 atom stereocenters. The second-order valence-corrected chi connectivity index (χ2v) is 5.94. The van der Waals surface area contributed by atoms with Gasteiger partial charge in [0.25, 0.3) is 0 Å². The summed E-state index contributed by atoms with van der Waals surface area (Å²) in [5.41, 5.74) is -0.993. The molecular formula is C16H15ClF3N3O. The second kappa shape index (κ2) is 6.84. The third-order valence-electron chi connectivity index (χ3n) is 3.77. The molecular weight excluding hydrogens is 343 g/mol. The van der Waals surface area contributed by atoms with E-state index in [0.717, 1.165) is 18.9 Å². The van der Waals surface area contributed by atoms with E-state index < -0.39 is 11.9 Å². The normalized spacial score (nSPS) is 18.5. The molecule has 1 aliphatic rings. The molecule has 128 valence electrons. The first-order valence-electron chi connectivity index (χ1n) is 7.50. The highest BCUT2D eigenvalue weighted by Crippen LogP contribution is 2.29. The minimum atomic E-state index is -4.48. The van der Waals surface area contributed by atoms with Gasteiger partial charge >= 0.3 is 6.18 Å². The van der Waals surface area contributed by atoms with E-state index in [0.29, 0.717) is 29.7 Å². The van der Waals surface area contributed by atoms with Crippen LogP contribution in [0.1, 0.15) is 18.5 Å². The first-order valence-corrected chi connectivity index (χ1v) is 7.88. The van der Waals surface area contributed by atoms with Crippen LogP contribution in [0.2, 0.25) is 5.02 Å². The Hall–Kier alpha value is -2.02. The Labute approximate surface area is 142 Å². The van der Waals surface area contributed by atoms with Crippen LogP contribution in [-0.4, -0.2) is 29.4 Å². The van der Waals surface area contributed by atoms with Crippen molar-refractivity contribution in [3.8, 4) is 5.75 Å². The average Bonchev–Trinajstić information content (AvgIpc) is 2.57. The third-order valence-corrected chi connectivity index (χ3v) is 4.09. The highest BCUT2D eigenvalue weighted by atomic mass is 35.5. The summed E-state index contributed by atoms with van der Waals surface area (Å²) in [6, 6.07) is 9.48. The van der Waals surface area contributed by atoms with Gasteiger partial charge in [-0.05, 0) is 37.1 Å². The van der Waals surface area contributed by atoms with Gasteiger partial charge in [-0.15, -0.1) is 10.2 Å². The summed E-state index contributed by atoms with van der Waals surface area (Å²) in [5.74, 6) is 1.01. The monoisotopic (exact) mass is 357 g/mol. The third kappa shape index (κ3) is 3.90. The van der Waals surface area contributed by atoms with Crippen molar-refractivity contribution >= 4 is 17.4 Å². The molecule has 1 aliphatic heterocycles. The summed E-state index contributed by atoms with van der Waals surface area (Å²) in [7, 11) is 0. The maximum absolute atomic E-state index is 12.6. The molecule has 0 radical (unpaired) electrons. The first-order chi connectivity index (χ1) is 11.4. The number of hydrogen-bond donors (Lipinski definition) is 0. The zero-order valence-electron chi connectivity index (χ0n) is 12.6. The summed E-state index contributed by atoms with van der Waals surface area (Å²) in [5, 5.41) is 7.50. The topological polar surface area (TPSA) is 38.2 Å². The Morgan fingerprint density at radius 1 is 1.12 bits per heavy atom. The number of nitrogens with zero attached hydrogens (tertiary/aromatic N) is 3. The van der Waals surface area contributed by atoms with Crippen LogP contribution in [0.4, 0.5) is 19.0 Å². The molecule has 4 nitrogen and oxygen atoms in total. The van der Waals surface area contributed by atoms with E-state index in [9.17, 15) is 13.2 Å². The van der Waals surface area contributed by atoms with Crippen LogP contribution >= 0.6 is 11.6 Å². The maximum Gasteiger partial charge on any atom is 0.435 e. The van der Waals surface area contributed by atoms with Crippen molar-refractivity contribution in [3.63, 3.8) is 0 Å². The summed E-state index contributed by atoms with van der Waals surface area (Å²) >= 11 is 6.09. The average molecular weight is 358 g/mol. The predicted molar refractivity (Wildman–Crippen MR) is 84.3 cm³/mol. The van der Waals surface area contributed by atoms with E-state index in [2.05, 4.69) is 10.2 Å². The van der Waals surface area contributed by atoms with Gasteiger partial charge < -0.3 is 9.64 Å². The standard InChI is InChI=1S/C16H15ClF3N3O/c17-12-5-1-2-6-13(12)24-11-4-3-9-23(10-11)15-8-7-14(21-22-15)16(18,19)20/h1-2,5-8,11H,3-4,9-10H2/t11-/m1/s1. The van der Waals surface area contributed by atoms with E-state index >= 15 is 0 Å². The van der Waals surface area contributed by atoms with E-state index in [4.69, 9.17) is 16.3 Å². The molecule has 2 heterocycles. The van der Waals surface area contributed by atoms with Crippen LogP contribution in [0, 0.1) is 0 Å². The number of rotatable bonds is 3. The minimum absolute atomic E-state index is 0.109. The fourth-order valence-corrected chi connectivity index (χ4v) is 2.79. The van der Waals surface area contributed by atoms with E-state index in [1.165, 1.54) is 6.07 Å². The van der Waals surface area contributed by atoms with Gasteiger partial charge in [-0.2, -0.15) is 13.2 Å². The van der Waals surface area contributed by atoms with Gasteiger partial charge in [0.2, 0.25) is 0 Å². The van der Waals surface area contributed by atoms with Gasteiger partial charge in [0.15, 0.2) is 11.5 Å². The first kappa shape index (κ1) is 16.8. The van der Waals surface area contributed by atoms with Crippen LogP contribution < -0.4 is 9.64 Å². The van der Waals surface area contributed by atoms with Gasteiger partial charge in [-0.25, -0.2) is 0 Å². The minimum Gasteiger partial charge on any atom is -0.487 e. The molecule has 0 bridgehead atoms. The van der Waals surface area contributed by atoms with Crippen LogP contribution in [0.5, 0.6) is 5.75 Å². The highest BCUT2D eigenvalue weighted by Gasteiger charge is 2.33. The summed E-state index contributed by atoms with van der Waals surface area (Å²) in [4.78, 5) is 1.87. The molecule has 2 aromatic rings. The van der Waals surface area contributed by atoms with Crippen molar-refractivity contribution in [3.05, 3.63) is 47.1 Å². The predicted octanol–water partition coefficient (Wildman–Crippen LogP) is 4.20. The number of piperidine rings is 1. The van der Waals surface area contributed by atoms with Crippen LogP contribution in [0.3, 0.4) is 0 Å². The van der Waals surface area contributed by atoms with E-state index in [-0.39, 0.29) is 6.10 Å². The molecule has 1 aromatic carbocycles. The fourth-order valence-electron chi connectivity index (χ4n) is 2.61. The molecule has 0 saturated carbocycles. The molecule has 0 unspecified atom stereocenters. The maximum atomic E-state index is 12.6. The molecule has 0 spiro atoms. The molecule has 1 saturated heterocycles. The molecule has 24 heavy (non-hydrogen) atoms. The van der Waals surface area contributed by atoms with E-state index in [1.807, 2.05) is 17.0 Å². The lowest BCUT2D eigenvalue weighted by Crippen LogP contribution is -2.41. The Kier molecular flexibility index (Phi) is 4.80. The van der Waals surface area contributed by atoms with Crippen LogP contribution in [-0.2, 0) is 6.18 Å². The molecule has 0 N–H and O–H groups in total. The van der Waals surface area contributed by atoms with Crippen LogP contribution in [0.15, 0.2) is 36.4 Å². The quantitative estimate of drug-likeness (QED) is 0.825. The molecule has 1 aromatic heterocycles. The van der Waals surface area contributed by atoms with Crippen LogP contribution in [0.25, 0.3) is 0 Å². The van der Waals surface area contributed by atoms with Gasteiger partial charge in [-0.3, -0.25) is 0 Å².